The van der Waals surface area contributed by atoms with E-state index in [4.69, 9.17) is 16.3 Å². The molecule has 1 saturated heterocycles. The van der Waals surface area contributed by atoms with Crippen LogP contribution in [-0.4, -0.2) is 44.1 Å². The maximum absolute atomic E-state index is 11.4. The second-order valence-corrected chi connectivity index (χ2v) is 5.97. The fraction of sp³-hybridized carbons (Fsp3) is 0.562. The van der Waals surface area contributed by atoms with E-state index >= 15 is 0 Å². The molecule has 0 saturated carbocycles. The Morgan fingerprint density at radius 1 is 1.52 bits per heavy atom. The van der Waals surface area contributed by atoms with Crippen molar-refractivity contribution in [3.63, 3.8) is 0 Å². The molecular weight excluding hydrogens is 288 g/mol. The summed E-state index contributed by atoms with van der Waals surface area (Å²) in [6.07, 6.45) is 1.70. The summed E-state index contributed by atoms with van der Waals surface area (Å²) >= 11 is 6.14. The highest BCUT2D eigenvalue weighted by Crippen LogP contribution is 2.28. The lowest BCUT2D eigenvalue weighted by Crippen LogP contribution is -2.27. The number of hydrogen-bond donors (Lipinski definition) is 1. The van der Waals surface area contributed by atoms with Gasteiger partial charge in [-0.1, -0.05) is 23.7 Å². The molecule has 0 aliphatic carbocycles. The topological polar surface area (TPSA) is 41.6 Å². The Balaban J connectivity index is 1.74. The molecule has 1 aromatic rings. The first kappa shape index (κ1) is 16.1. The Morgan fingerprint density at radius 3 is 3.05 bits per heavy atom. The largest absolute Gasteiger partial charge is 0.490 e. The fourth-order valence-electron chi connectivity index (χ4n) is 2.72. The third kappa shape index (κ3) is 4.61. The molecule has 1 aromatic carbocycles. The number of likely N-dealkylation sites (tertiary alicyclic amines) is 1. The van der Waals surface area contributed by atoms with E-state index in [0.29, 0.717) is 24.0 Å². The van der Waals surface area contributed by atoms with Gasteiger partial charge in [-0.05, 0) is 37.4 Å². The summed E-state index contributed by atoms with van der Waals surface area (Å²) in [6, 6.07) is 5.77. The van der Waals surface area contributed by atoms with Crippen molar-refractivity contribution in [1.29, 1.82) is 0 Å². The molecule has 1 heterocycles. The van der Waals surface area contributed by atoms with Gasteiger partial charge in [0.15, 0.2) is 0 Å². The number of nitrogens with one attached hydrogen (secondary N) is 1. The molecule has 0 radical (unpaired) electrons. The third-order valence-electron chi connectivity index (χ3n) is 3.94. The third-order valence-corrected chi connectivity index (χ3v) is 4.24. The normalized spacial score (nSPS) is 18.7. The van der Waals surface area contributed by atoms with Crippen LogP contribution in [0, 0.1) is 12.8 Å². The number of ether oxygens (including phenoxy) is 1. The SMILES string of the molecule is CNC(=O)CC1CCN(CCOc2c(C)cccc2Cl)C1. The molecule has 1 aliphatic heterocycles. The molecule has 1 fully saturated rings. The Bertz CT molecular complexity index is 473. The molecule has 21 heavy (non-hydrogen) atoms. The summed E-state index contributed by atoms with van der Waals surface area (Å²) in [6.45, 7) is 5.49. The maximum atomic E-state index is 11.4. The molecule has 2 rings (SSSR count). The molecule has 0 bridgehead atoms. The number of nitrogens with zero attached hydrogens (tertiary/aromatic N) is 1. The zero-order chi connectivity index (χ0) is 15.2. The Morgan fingerprint density at radius 2 is 2.33 bits per heavy atom. The lowest BCUT2D eigenvalue weighted by Gasteiger charge is -2.17. The van der Waals surface area contributed by atoms with Gasteiger partial charge in [-0.3, -0.25) is 9.69 Å². The van der Waals surface area contributed by atoms with Gasteiger partial charge in [0.1, 0.15) is 12.4 Å². The number of amides is 1. The van der Waals surface area contributed by atoms with E-state index in [0.717, 1.165) is 37.4 Å². The van der Waals surface area contributed by atoms with Crippen LogP contribution in [0.2, 0.25) is 5.02 Å². The molecule has 1 N–H and O–H groups in total. The molecule has 4 nitrogen and oxygen atoms in total. The minimum Gasteiger partial charge on any atom is -0.490 e. The van der Waals surface area contributed by atoms with Crippen molar-refractivity contribution in [2.24, 2.45) is 5.92 Å². The number of hydrogen-bond acceptors (Lipinski definition) is 3. The molecule has 0 aromatic heterocycles. The minimum atomic E-state index is 0.129. The van der Waals surface area contributed by atoms with Gasteiger partial charge in [-0.15, -0.1) is 0 Å². The quantitative estimate of drug-likeness (QED) is 0.877. The first-order chi connectivity index (χ1) is 10.1. The van der Waals surface area contributed by atoms with E-state index < -0.39 is 0 Å². The molecule has 1 amide bonds. The van der Waals surface area contributed by atoms with Crippen LogP contribution in [0.3, 0.4) is 0 Å². The van der Waals surface area contributed by atoms with Gasteiger partial charge < -0.3 is 10.1 Å². The van der Waals surface area contributed by atoms with E-state index in [1.807, 2.05) is 25.1 Å². The van der Waals surface area contributed by atoms with E-state index in [9.17, 15) is 4.79 Å². The predicted molar refractivity (Wildman–Crippen MR) is 84.9 cm³/mol. The lowest BCUT2D eigenvalue weighted by atomic mass is 10.1. The van der Waals surface area contributed by atoms with Crippen LogP contribution < -0.4 is 10.1 Å². The van der Waals surface area contributed by atoms with Crippen LogP contribution in [0.25, 0.3) is 0 Å². The second-order valence-electron chi connectivity index (χ2n) is 5.57. The summed E-state index contributed by atoms with van der Waals surface area (Å²) < 4.78 is 5.81. The van der Waals surface area contributed by atoms with Gasteiger partial charge in [0, 0.05) is 26.6 Å². The summed E-state index contributed by atoms with van der Waals surface area (Å²) in [5, 5.41) is 3.35. The van der Waals surface area contributed by atoms with Crippen molar-refractivity contribution in [1.82, 2.24) is 10.2 Å². The van der Waals surface area contributed by atoms with Crippen molar-refractivity contribution in [3.05, 3.63) is 28.8 Å². The number of aryl methyl sites for hydroxylation is 1. The van der Waals surface area contributed by atoms with Gasteiger partial charge in [0.2, 0.25) is 5.91 Å². The van der Waals surface area contributed by atoms with Crippen LogP contribution in [0.1, 0.15) is 18.4 Å². The van der Waals surface area contributed by atoms with Crippen LogP contribution in [0.15, 0.2) is 18.2 Å². The van der Waals surface area contributed by atoms with Gasteiger partial charge in [-0.2, -0.15) is 0 Å². The van der Waals surface area contributed by atoms with Crippen LogP contribution >= 0.6 is 11.6 Å². The second kappa shape index (κ2) is 7.66. The Labute approximate surface area is 131 Å². The Kier molecular flexibility index (Phi) is 5.88. The van der Waals surface area contributed by atoms with Crippen LogP contribution in [-0.2, 0) is 4.79 Å². The lowest BCUT2D eigenvalue weighted by molar-refractivity contribution is -0.121. The summed E-state index contributed by atoms with van der Waals surface area (Å²) in [5.41, 5.74) is 1.06. The van der Waals surface area contributed by atoms with Crippen LogP contribution in [0.5, 0.6) is 5.75 Å². The van der Waals surface area contributed by atoms with Crippen molar-refractivity contribution >= 4 is 17.5 Å². The molecule has 1 atom stereocenters. The van der Waals surface area contributed by atoms with Gasteiger partial charge in [-0.25, -0.2) is 0 Å². The van der Waals surface area contributed by atoms with Crippen LogP contribution in [0.4, 0.5) is 0 Å². The number of carbonyl (C=O) groups excluding carboxylic acids is 1. The maximum Gasteiger partial charge on any atom is 0.220 e. The first-order valence-corrected chi connectivity index (χ1v) is 7.78. The molecule has 0 spiro atoms. The fourth-order valence-corrected chi connectivity index (χ4v) is 3.00. The van der Waals surface area contributed by atoms with Gasteiger partial charge >= 0.3 is 0 Å². The minimum absolute atomic E-state index is 0.129. The average molecular weight is 311 g/mol. The van der Waals surface area contributed by atoms with E-state index in [1.54, 1.807) is 7.05 Å². The molecule has 116 valence electrons. The van der Waals surface area contributed by atoms with Gasteiger partial charge in [0.05, 0.1) is 5.02 Å². The van der Waals surface area contributed by atoms with E-state index in [-0.39, 0.29) is 5.91 Å². The summed E-state index contributed by atoms with van der Waals surface area (Å²) in [7, 11) is 1.69. The van der Waals surface area contributed by atoms with Crippen molar-refractivity contribution < 1.29 is 9.53 Å². The number of halogens is 1. The highest BCUT2D eigenvalue weighted by Gasteiger charge is 2.24. The zero-order valence-electron chi connectivity index (χ0n) is 12.7. The first-order valence-electron chi connectivity index (χ1n) is 7.41. The van der Waals surface area contributed by atoms with Crippen molar-refractivity contribution in [2.75, 3.05) is 33.3 Å². The van der Waals surface area contributed by atoms with Gasteiger partial charge in [0.25, 0.3) is 0 Å². The highest BCUT2D eigenvalue weighted by atomic mass is 35.5. The number of benzene rings is 1. The molecule has 5 heteroatoms. The highest BCUT2D eigenvalue weighted by molar-refractivity contribution is 6.32. The monoisotopic (exact) mass is 310 g/mol. The van der Waals surface area contributed by atoms with Crippen molar-refractivity contribution in [3.8, 4) is 5.75 Å². The summed E-state index contributed by atoms with van der Waals surface area (Å²) in [5.74, 6) is 1.37. The van der Waals surface area contributed by atoms with E-state index in [1.165, 1.54) is 0 Å². The molecule has 1 aliphatic rings. The number of carbonyl (C=O) groups is 1. The Hall–Kier alpha value is -1.26. The summed E-state index contributed by atoms with van der Waals surface area (Å²) in [4.78, 5) is 13.7. The number of para-hydroxylation sites is 1. The van der Waals surface area contributed by atoms with Crippen molar-refractivity contribution in [2.45, 2.75) is 19.8 Å². The number of rotatable bonds is 6. The van der Waals surface area contributed by atoms with E-state index in [2.05, 4.69) is 10.2 Å². The molecule has 1 unspecified atom stereocenters. The zero-order valence-corrected chi connectivity index (χ0v) is 13.4. The standard InChI is InChI=1S/C16H23ClN2O2/c1-12-4-3-5-14(17)16(12)21-9-8-19-7-6-13(11-19)10-15(20)18-2/h3-5,13H,6-11H2,1-2H3,(H,18,20). The molecular formula is C16H23ClN2O2. The predicted octanol–water partition coefficient (Wildman–Crippen LogP) is 2.49. The smallest absolute Gasteiger partial charge is 0.220 e. The average Bonchev–Trinajstić information content (AvgIpc) is 2.89.